The molecule has 1 heterocycles. The zero-order chi connectivity index (χ0) is 20.1. The molecule has 2 N–H and O–H groups in total. The van der Waals surface area contributed by atoms with Gasteiger partial charge in [-0.2, -0.15) is 10.2 Å². The first-order valence-electron chi connectivity index (χ1n) is 9.15. The molecule has 1 fully saturated rings. The minimum Gasteiger partial charge on any atom is -0.493 e. The number of methoxy groups -OCH3 is 3. The second kappa shape index (κ2) is 8.65. The predicted octanol–water partition coefficient (Wildman–Crippen LogP) is 3.33. The van der Waals surface area contributed by atoms with E-state index in [2.05, 4.69) is 16.0 Å². The summed E-state index contributed by atoms with van der Waals surface area (Å²) in [4.78, 5) is 8.46. The molecular weight excluding hydrogens is 360 g/mol. The van der Waals surface area contributed by atoms with E-state index in [1.165, 1.54) is 27.8 Å². The number of aromatic nitrogens is 2. The van der Waals surface area contributed by atoms with Crippen LogP contribution in [0, 0.1) is 11.3 Å². The average molecular weight is 384 g/mol. The van der Waals surface area contributed by atoms with Crippen LogP contribution < -0.4 is 24.7 Å². The minimum atomic E-state index is 0.0305. The molecule has 0 saturated heterocycles. The van der Waals surface area contributed by atoms with Gasteiger partial charge >= 0.3 is 0 Å². The van der Waals surface area contributed by atoms with Crippen LogP contribution in [-0.2, 0) is 0 Å². The molecule has 3 rings (SSSR count). The quantitative estimate of drug-likeness (QED) is 0.807. The van der Waals surface area contributed by atoms with Crippen molar-refractivity contribution in [3.05, 3.63) is 17.7 Å². The van der Waals surface area contributed by atoms with Crippen molar-refractivity contribution in [2.75, 3.05) is 27.1 Å². The van der Waals surface area contributed by atoms with Crippen molar-refractivity contribution in [3.63, 3.8) is 0 Å². The number of nitriles is 1. The Morgan fingerprint density at radius 3 is 2.18 bits per heavy atom. The molecule has 148 valence electrons. The first kappa shape index (κ1) is 19.5. The lowest BCUT2D eigenvalue weighted by Crippen LogP contribution is -2.21. The van der Waals surface area contributed by atoms with E-state index in [0.717, 1.165) is 25.7 Å². The lowest BCUT2D eigenvalue weighted by atomic mass is 9.98. The van der Waals surface area contributed by atoms with E-state index in [9.17, 15) is 5.26 Å². The molecule has 8 heteroatoms. The Kier molecular flexibility index (Phi) is 6.04. The number of hydrogen-bond donors (Lipinski definition) is 1. The Hall–Kier alpha value is -3.21. The first-order chi connectivity index (χ1) is 13.6. The molecule has 0 radical (unpaired) electrons. The Balaban J connectivity index is 2.10. The molecule has 0 amide bonds. The van der Waals surface area contributed by atoms with Gasteiger partial charge in [-0.1, -0.05) is 6.42 Å². The number of nitrogens with zero attached hydrogens (tertiary/aromatic N) is 3. The summed E-state index contributed by atoms with van der Waals surface area (Å²) in [6.45, 7) is 0. The topological polar surface area (TPSA) is 113 Å². The van der Waals surface area contributed by atoms with Gasteiger partial charge in [-0.15, -0.1) is 0 Å². The predicted molar refractivity (Wildman–Crippen MR) is 104 cm³/mol. The molecule has 0 spiro atoms. The van der Waals surface area contributed by atoms with E-state index in [-0.39, 0.29) is 23.5 Å². The van der Waals surface area contributed by atoms with Crippen molar-refractivity contribution in [1.82, 2.24) is 9.97 Å². The lowest BCUT2D eigenvalue weighted by Gasteiger charge is -2.23. The molecule has 0 unspecified atom stereocenters. The van der Waals surface area contributed by atoms with Gasteiger partial charge in [0.05, 0.1) is 27.0 Å². The van der Waals surface area contributed by atoms with Crippen molar-refractivity contribution >= 4 is 5.95 Å². The number of rotatable bonds is 6. The van der Waals surface area contributed by atoms with Crippen LogP contribution in [-0.4, -0.2) is 37.4 Å². The minimum absolute atomic E-state index is 0.0305. The Morgan fingerprint density at radius 1 is 1.00 bits per heavy atom. The van der Waals surface area contributed by atoms with E-state index in [1.807, 2.05) is 0 Å². The first-order valence-corrected chi connectivity index (χ1v) is 9.15. The van der Waals surface area contributed by atoms with Crippen molar-refractivity contribution in [1.29, 1.82) is 5.26 Å². The van der Waals surface area contributed by atoms with Gasteiger partial charge in [-0.25, -0.2) is 4.98 Å². The number of hydrogen-bond acceptors (Lipinski definition) is 8. The maximum atomic E-state index is 9.80. The highest BCUT2D eigenvalue weighted by Gasteiger charge is 2.23. The number of benzene rings is 1. The fraction of sp³-hybridized carbons (Fsp3) is 0.450. The fourth-order valence-electron chi connectivity index (χ4n) is 3.41. The summed E-state index contributed by atoms with van der Waals surface area (Å²) >= 11 is 0. The molecule has 0 atom stereocenters. The molecule has 1 aliphatic rings. The molecule has 1 aromatic heterocycles. The van der Waals surface area contributed by atoms with E-state index < -0.39 is 0 Å². The normalized spacial score (nSPS) is 14.2. The van der Waals surface area contributed by atoms with Gasteiger partial charge in [0.1, 0.15) is 17.7 Å². The zero-order valence-corrected chi connectivity index (χ0v) is 16.3. The molecule has 2 aromatic rings. The van der Waals surface area contributed by atoms with Crippen LogP contribution in [0.15, 0.2) is 12.1 Å². The number of nitrogen functional groups attached to an aromatic ring is 1. The lowest BCUT2D eigenvalue weighted by molar-refractivity contribution is 0.148. The second-order valence-electron chi connectivity index (χ2n) is 6.51. The van der Waals surface area contributed by atoms with Gasteiger partial charge in [0.2, 0.25) is 17.6 Å². The van der Waals surface area contributed by atoms with Crippen LogP contribution >= 0.6 is 0 Å². The molecule has 0 aliphatic heterocycles. The zero-order valence-electron chi connectivity index (χ0n) is 16.3. The van der Waals surface area contributed by atoms with E-state index in [1.54, 1.807) is 12.1 Å². The van der Waals surface area contributed by atoms with Crippen molar-refractivity contribution in [3.8, 4) is 40.5 Å². The van der Waals surface area contributed by atoms with E-state index in [0.29, 0.717) is 28.5 Å². The Bertz CT molecular complexity index is 864. The van der Waals surface area contributed by atoms with Crippen LogP contribution in [0.4, 0.5) is 5.95 Å². The number of nitrogens with two attached hydrogens (primary N) is 1. The molecule has 28 heavy (non-hydrogen) atoms. The highest BCUT2D eigenvalue weighted by molar-refractivity contribution is 5.74. The van der Waals surface area contributed by atoms with Gasteiger partial charge in [0.15, 0.2) is 11.5 Å². The highest BCUT2D eigenvalue weighted by Crippen LogP contribution is 2.42. The highest BCUT2D eigenvalue weighted by atomic mass is 16.5. The summed E-state index contributed by atoms with van der Waals surface area (Å²) in [5, 5.41) is 9.80. The fourth-order valence-corrected chi connectivity index (χ4v) is 3.41. The van der Waals surface area contributed by atoms with Gasteiger partial charge in [-0.3, -0.25) is 0 Å². The number of anilines is 1. The summed E-state index contributed by atoms with van der Waals surface area (Å²) in [6, 6.07) is 5.60. The van der Waals surface area contributed by atoms with Crippen LogP contribution in [0.3, 0.4) is 0 Å². The van der Waals surface area contributed by atoms with Crippen LogP contribution in [0.1, 0.15) is 37.7 Å². The SMILES string of the molecule is COc1cc(-c2nc(N)nc(OC3CCCCC3)c2C#N)cc(OC)c1OC. The molecular formula is C20H24N4O4. The monoisotopic (exact) mass is 384 g/mol. The van der Waals surface area contributed by atoms with Gasteiger partial charge in [0, 0.05) is 5.56 Å². The molecule has 8 nitrogen and oxygen atoms in total. The third kappa shape index (κ3) is 3.88. The summed E-state index contributed by atoms with van der Waals surface area (Å²) in [5.41, 5.74) is 7.11. The summed E-state index contributed by atoms with van der Waals surface area (Å²) in [6.07, 6.45) is 5.32. The summed E-state index contributed by atoms with van der Waals surface area (Å²) < 4.78 is 22.2. The molecule has 1 aliphatic carbocycles. The van der Waals surface area contributed by atoms with Crippen LogP contribution in [0.5, 0.6) is 23.1 Å². The van der Waals surface area contributed by atoms with E-state index in [4.69, 9.17) is 24.7 Å². The third-order valence-corrected chi connectivity index (χ3v) is 4.77. The van der Waals surface area contributed by atoms with Gasteiger partial charge in [-0.05, 0) is 37.8 Å². The standard InChI is InChI=1S/C20H24N4O4/c1-25-15-9-12(10-16(26-2)18(15)27-3)17-14(11-21)19(24-20(22)23-17)28-13-7-5-4-6-8-13/h9-10,13H,4-8H2,1-3H3,(H2,22,23,24). The molecule has 1 saturated carbocycles. The maximum absolute atomic E-state index is 9.80. The van der Waals surface area contributed by atoms with Crippen molar-refractivity contribution in [2.24, 2.45) is 0 Å². The van der Waals surface area contributed by atoms with Crippen LogP contribution in [0.2, 0.25) is 0 Å². The molecule has 1 aromatic carbocycles. The van der Waals surface area contributed by atoms with Gasteiger partial charge in [0.25, 0.3) is 0 Å². The van der Waals surface area contributed by atoms with Crippen molar-refractivity contribution in [2.45, 2.75) is 38.2 Å². The van der Waals surface area contributed by atoms with Gasteiger partial charge < -0.3 is 24.7 Å². The summed E-state index contributed by atoms with van der Waals surface area (Å²) in [5.74, 6) is 1.60. The van der Waals surface area contributed by atoms with Crippen molar-refractivity contribution < 1.29 is 18.9 Å². The Labute approximate surface area is 164 Å². The van der Waals surface area contributed by atoms with E-state index >= 15 is 0 Å². The second-order valence-corrected chi connectivity index (χ2v) is 6.51. The maximum Gasteiger partial charge on any atom is 0.237 e. The Morgan fingerprint density at radius 2 is 1.64 bits per heavy atom. The largest absolute Gasteiger partial charge is 0.493 e. The third-order valence-electron chi connectivity index (χ3n) is 4.77. The number of ether oxygens (including phenoxy) is 4. The average Bonchev–Trinajstić information content (AvgIpc) is 2.72. The van der Waals surface area contributed by atoms with Crippen LogP contribution in [0.25, 0.3) is 11.3 Å². The molecule has 0 bridgehead atoms. The summed E-state index contributed by atoms with van der Waals surface area (Å²) in [7, 11) is 4.58. The smallest absolute Gasteiger partial charge is 0.237 e.